The van der Waals surface area contributed by atoms with E-state index >= 15 is 0 Å². The van der Waals surface area contributed by atoms with Crippen molar-refractivity contribution in [2.45, 2.75) is 19.4 Å². The van der Waals surface area contributed by atoms with Crippen molar-refractivity contribution in [2.24, 2.45) is 5.73 Å². The molecule has 0 aliphatic heterocycles. The molecule has 0 aliphatic carbocycles. The van der Waals surface area contributed by atoms with Crippen molar-refractivity contribution in [3.8, 4) is 0 Å². The summed E-state index contributed by atoms with van der Waals surface area (Å²) in [5.41, 5.74) is 5.36. The van der Waals surface area contributed by atoms with Gasteiger partial charge in [-0.15, -0.1) is 0 Å². The highest BCUT2D eigenvalue weighted by Gasteiger charge is 2.14. The van der Waals surface area contributed by atoms with E-state index in [1.807, 2.05) is 11.8 Å². The number of hydrogen-bond donors (Lipinski definition) is 3. The third-order valence-electron chi connectivity index (χ3n) is 1.85. The number of carboxylic acids is 1. The topological polar surface area (TPSA) is 86.8 Å². The van der Waals surface area contributed by atoms with Crippen molar-refractivity contribution in [1.29, 1.82) is 0 Å². The largest absolute Gasteiger partial charge is 0.480 e. The van der Waals surface area contributed by atoms with Crippen LogP contribution in [0.5, 0.6) is 0 Å². The smallest absolute Gasteiger partial charge is 0.321 e. The zero-order valence-corrected chi connectivity index (χ0v) is 7.94. The number of likely N-dealkylation sites (N-methyl/N-ethyl adjacent to an activating group) is 1. The van der Waals surface area contributed by atoms with Crippen LogP contribution in [0.25, 0.3) is 0 Å². The van der Waals surface area contributed by atoms with E-state index < -0.39 is 12.0 Å². The summed E-state index contributed by atoms with van der Waals surface area (Å²) < 4.78 is 0. The number of aliphatic hydroxyl groups is 1. The molecule has 5 heteroatoms. The third-order valence-corrected chi connectivity index (χ3v) is 1.85. The third kappa shape index (κ3) is 5.57. The van der Waals surface area contributed by atoms with Gasteiger partial charge in [0, 0.05) is 19.7 Å². The van der Waals surface area contributed by atoms with Crippen LogP contribution in [0.2, 0.25) is 0 Å². The van der Waals surface area contributed by atoms with Gasteiger partial charge in [-0.2, -0.15) is 0 Å². The van der Waals surface area contributed by atoms with Gasteiger partial charge in [-0.05, 0) is 13.0 Å². The Morgan fingerprint density at radius 1 is 1.62 bits per heavy atom. The minimum atomic E-state index is -0.984. The molecule has 5 nitrogen and oxygen atoms in total. The van der Waals surface area contributed by atoms with Crippen LogP contribution in [0.3, 0.4) is 0 Å². The molecule has 0 fully saturated rings. The molecule has 0 heterocycles. The van der Waals surface area contributed by atoms with Crippen molar-refractivity contribution < 1.29 is 15.0 Å². The Labute approximate surface area is 78.1 Å². The van der Waals surface area contributed by atoms with E-state index in [0.29, 0.717) is 19.5 Å². The summed E-state index contributed by atoms with van der Waals surface area (Å²) in [5, 5.41) is 17.1. The Balaban J connectivity index is 3.75. The van der Waals surface area contributed by atoms with Gasteiger partial charge >= 0.3 is 5.97 Å². The van der Waals surface area contributed by atoms with Gasteiger partial charge in [0.25, 0.3) is 0 Å². The number of carboxylic acid groups (broad SMARTS) is 1. The van der Waals surface area contributed by atoms with Gasteiger partial charge in [-0.1, -0.05) is 6.92 Å². The molecule has 78 valence electrons. The second-order valence-electron chi connectivity index (χ2n) is 2.92. The van der Waals surface area contributed by atoms with Crippen molar-refractivity contribution in [2.75, 3.05) is 26.2 Å². The van der Waals surface area contributed by atoms with E-state index in [1.54, 1.807) is 0 Å². The van der Waals surface area contributed by atoms with Gasteiger partial charge in [-0.25, -0.2) is 0 Å². The van der Waals surface area contributed by atoms with E-state index in [0.717, 1.165) is 6.54 Å². The maximum atomic E-state index is 10.4. The van der Waals surface area contributed by atoms with Crippen molar-refractivity contribution >= 4 is 5.97 Å². The molecule has 0 aromatic heterocycles. The lowest BCUT2D eigenvalue weighted by Gasteiger charge is -2.21. The van der Waals surface area contributed by atoms with Crippen molar-refractivity contribution in [3.63, 3.8) is 0 Å². The molecule has 0 spiro atoms. The van der Waals surface area contributed by atoms with Crippen LogP contribution in [-0.4, -0.2) is 53.4 Å². The van der Waals surface area contributed by atoms with Gasteiger partial charge in [0.05, 0.1) is 0 Å². The summed E-state index contributed by atoms with van der Waals surface area (Å²) in [4.78, 5) is 12.3. The fraction of sp³-hybridized carbons (Fsp3) is 0.875. The normalized spacial score (nSPS) is 13.2. The number of nitrogens with two attached hydrogens (primary N) is 1. The summed E-state index contributed by atoms with van der Waals surface area (Å²) in [5.74, 6) is -0.984. The fourth-order valence-electron chi connectivity index (χ4n) is 1.03. The van der Waals surface area contributed by atoms with Crippen LogP contribution in [0.1, 0.15) is 13.3 Å². The fourth-order valence-corrected chi connectivity index (χ4v) is 1.03. The quantitative estimate of drug-likeness (QED) is 0.484. The maximum absolute atomic E-state index is 10.4. The van der Waals surface area contributed by atoms with Crippen LogP contribution >= 0.6 is 0 Å². The number of aliphatic hydroxyl groups excluding tert-OH is 1. The van der Waals surface area contributed by atoms with E-state index in [9.17, 15) is 4.79 Å². The zero-order valence-electron chi connectivity index (χ0n) is 7.94. The van der Waals surface area contributed by atoms with E-state index in [4.69, 9.17) is 15.9 Å². The second-order valence-corrected chi connectivity index (χ2v) is 2.92. The van der Waals surface area contributed by atoms with E-state index in [-0.39, 0.29) is 6.61 Å². The Kier molecular flexibility index (Phi) is 6.48. The number of nitrogens with zero attached hydrogens (tertiary/aromatic N) is 1. The first-order valence-corrected chi connectivity index (χ1v) is 4.43. The molecule has 0 bridgehead atoms. The van der Waals surface area contributed by atoms with Crippen LogP contribution in [0, 0.1) is 0 Å². The van der Waals surface area contributed by atoms with Crippen LogP contribution in [-0.2, 0) is 4.79 Å². The molecule has 0 saturated heterocycles. The Morgan fingerprint density at radius 2 is 2.23 bits per heavy atom. The minimum Gasteiger partial charge on any atom is -0.480 e. The van der Waals surface area contributed by atoms with Crippen molar-refractivity contribution in [1.82, 2.24) is 4.90 Å². The lowest BCUT2D eigenvalue weighted by molar-refractivity contribution is -0.139. The molecular formula is C8H18N2O3. The first kappa shape index (κ1) is 12.3. The molecule has 4 N–H and O–H groups in total. The number of hydrogen-bond acceptors (Lipinski definition) is 4. The molecule has 1 unspecified atom stereocenters. The molecule has 0 rings (SSSR count). The maximum Gasteiger partial charge on any atom is 0.321 e. The standard InChI is InChI=1S/C8H18N2O3/c1-2-10(4-3-5-11)6-7(9)8(12)13/h7,11H,2-6,9H2,1H3,(H,12,13). The average molecular weight is 190 g/mol. The SMILES string of the molecule is CCN(CCCO)CC(N)C(=O)O. The average Bonchev–Trinajstić information content (AvgIpc) is 2.11. The van der Waals surface area contributed by atoms with Gasteiger partial charge in [0.1, 0.15) is 6.04 Å². The van der Waals surface area contributed by atoms with Gasteiger partial charge in [-0.3, -0.25) is 4.79 Å². The van der Waals surface area contributed by atoms with E-state index in [2.05, 4.69) is 0 Å². The predicted molar refractivity (Wildman–Crippen MR) is 49.4 cm³/mol. The lowest BCUT2D eigenvalue weighted by atomic mass is 10.2. The highest BCUT2D eigenvalue weighted by Crippen LogP contribution is 1.93. The molecule has 0 aromatic rings. The molecule has 0 aromatic carbocycles. The molecule has 1 atom stereocenters. The lowest BCUT2D eigenvalue weighted by Crippen LogP contribution is -2.43. The summed E-state index contributed by atoms with van der Waals surface area (Å²) >= 11 is 0. The Hall–Kier alpha value is -0.650. The van der Waals surface area contributed by atoms with Crippen LogP contribution in [0.15, 0.2) is 0 Å². The van der Waals surface area contributed by atoms with Crippen molar-refractivity contribution in [3.05, 3.63) is 0 Å². The molecule has 0 radical (unpaired) electrons. The first-order valence-electron chi connectivity index (χ1n) is 4.43. The number of carbonyl (C=O) groups is 1. The summed E-state index contributed by atoms with van der Waals surface area (Å²) in [6.07, 6.45) is 0.653. The van der Waals surface area contributed by atoms with Crippen LogP contribution in [0.4, 0.5) is 0 Å². The highest BCUT2D eigenvalue weighted by molar-refractivity contribution is 5.73. The summed E-state index contributed by atoms with van der Waals surface area (Å²) in [7, 11) is 0. The molecular weight excluding hydrogens is 172 g/mol. The van der Waals surface area contributed by atoms with Gasteiger partial charge in [0.2, 0.25) is 0 Å². The van der Waals surface area contributed by atoms with Gasteiger partial charge < -0.3 is 20.8 Å². The molecule has 13 heavy (non-hydrogen) atoms. The number of aliphatic carboxylic acids is 1. The second kappa shape index (κ2) is 6.82. The summed E-state index contributed by atoms with van der Waals surface area (Å²) in [6, 6.07) is -0.835. The molecule has 0 aliphatic rings. The number of rotatable bonds is 7. The summed E-state index contributed by atoms with van der Waals surface area (Å²) in [6.45, 7) is 3.84. The highest BCUT2D eigenvalue weighted by atomic mass is 16.4. The van der Waals surface area contributed by atoms with Crippen LogP contribution < -0.4 is 5.73 Å². The Morgan fingerprint density at radius 3 is 2.62 bits per heavy atom. The monoisotopic (exact) mass is 190 g/mol. The van der Waals surface area contributed by atoms with Gasteiger partial charge in [0.15, 0.2) is 0 Å². The molecule has 0 amide bonds. The van der Waals surface area contributed by atoms with E-state index in [1.165, 1.54) is 0 Å². The first-order chi connectivity index (χ1) is 6.11. The predicted octanol–water partition coefficient (Wildman–Crippen LogP) is -0.897. The Bertz CT molecular complexity index is 152. The zero-order chi connectivity index (χ0) is 10.3. The minimum absolute atomic E-state index is 0.124. The molecule has 0 saturated carbocycles.